The lowest BCUT2D eigenvalue weighted by Crippen LogP contribution is -2.42. The maximum atomic E-state index is 12.5. The van der Waals surface area contributed by atoms with Gasteiger partial charge >= 0.3 is 0 Å². The number of nitrogens with zero attached hydrogens (tertiary/aromatic N) is 1. The number of aliphatic hydroxyl groups is 1. The van der Waals surface area contributed by atoms with Gasteiger partial charge in [0.15, 0.2) is 0 Å². The van der Waals surface area contributed by atoms with Crippen LogP contribution in [0.1, 0.15) is 44.6 Å². The second-order valence-electron chi connectivity index (χ2n) is 7.33. The summed E-state index contributed by atoms with van der Waals surface area (Å²) in [6.45, 7) is 2.80. The highest BCUT2D eigenvalue weighted by Crippen LogP contribution is 2.27. The van der Waals surface area contributed by atoms with Crippen LogP contribution in [0.5, 0.6) is 0 Å². The van der Waals surface area contributed by atoms with E-state index < -0.39 is 0 Å². The van der Waals surface area contributed by atoms with Crippen LogP contribution in [-0.2, 0) is 16.0 Å². The number of carbonyl (C=O) groups is 2. The predicted molar refractivity (Wildman–Crippen MR) is 97.3 cm³/mol. The molecule has 0 aromatic heterocycles. The van der Waals surface area contributed by atoms with Crippen molar-refractivity contribution in [2.45, 2.75) is 51.5 Å². The van der Waals surface area contributed by atoms with Crippen LogP contribution in [0, 0.1) is 11.8 Å². The Kier molecular flexibility index (Phi) is 5.74. The molecule has 0 spiro atoms. The van der Waals surface area contributed by atoms with Gasteiger partial charge in [-0.1, -0.05) is 19.1 Å². The fourth-order valence-electron chi connectivity index (χ4n) is 3.85. The molecule has 1 aliphatic carbocycles. The number of rotatable bonds is 5. The smallest absolute Gasteiger partial charge is 0.227 e. The molecule has 3 rings (SSSR count). The molecule has 1 atom stereocenters. The highest BCUT2D eigenvalue weighted by atomic mass is 16.3. The fraction of sp³-hybridized carbons (Fsp3) is 0.600. The molecule has 2 N–H and O–H groups in total. The predicted octanol–water partition coefficient (Wildman–Crippen LogP) is 2.27. The van der Waals surface area contributed by atoms with E-state index in [2.05, 4.69) is 12.2 Å². The Morgan fingerprint density at radius 2 is 1.88 bits per heavy atom. The number of benzene rings is 1. The van der Waals surface area contributed by atoms with Crippen LogP contribution in [0.25, 0.3) is 0 Å². The zero-order chi connectivity index (χ0) is 17.8. The second-order valence-corrected chi connectivity index (χ2v) is 7.33. The van der Waals surface area contributed by atoms with Crippen LogP contribution in [0.4, 0.5) is 5.69 Å². The third-order valence-electron chi connectivity index (χ3n) is 5.60. The summed E-state index contributed by atoms with van der Waals surface area (Å²) in [4.78, 5) is 26.6. The third kappa shape index (κ3) is 4.21. The molecule has 2 fully saturated rings. The fourth-order valence-corrected chi connectivity index (χ4v) is 3.85. The quantitative estimate of drug-likeness (QED) is 0.861. The normalized spacial score (nSPS) is 26.7. The maximum absolute atomic E-state index is 12.5. The van der Waals surface area contributed by atoms with Gasteiger partial charge in [0.2, 0.25) is 11.8 Å². The van der Waals surface area contributed by atoms with Crippen molar-refractivity contribution in [2.75, 3.05) is 18.1 Å². The molecule has 136 valence electrons. The molecule has 1 saturated carbocycles. The van der Waals surface area contributed by atoms with Gasteiger partial charge in [0, 0.05) is 31.3 Å². The van der Waals surface area contributed by atoms with Crippen molar-refractivity contribution in [3.63, 3.8) is 0 Å². The summed E-state index contributed by atoms with van der Waals surface area (Å²) in [5.74, 6) is 0.124. The van der Waals surface area contributed by atoms with E-state index in [9.17, 15) is 14.7 Å². The number of hydrogen-bond donors (Lipinski definition) is 2. The summed E-state index contributed by atoms with van der Waals surface area (Å²) in [7, 11) is 0. The minimum Gasteiger partial charge on any atom is -0.396 e. The van der Waals surface area contributed by atoms with Crippen LogP contribution in [-0.4, -0.2) is 36.1 Å². The van der Waals surface area contributed by atoms with E-state index in [0.29, 0.717) is 12.5 Å². The number of amides is 2. The van der Waals surface area contributed by atoms with E-state index in [1.807, 2.05) is 24.3 Å². The van der Waals surface area contributed by atoms with Gasteiger partial charge in [-0.15, -0.1) is 0 Å². The average Bonchev–Trinajstić information content (AvgIpc) is 3.04. The molecule has 1 aliphatic heterocycles. The zero-order valence-corrected chi connectivity index (χ0v) is 14.9. The van der Waals surface area contributed by atoms with Crippen molar-refractivity contribution in [2.24, 2.45) is 11.8 Å². The minimum atomic E-state index is -0.270. The number of hydrogen-bond acceptors (Lipinski definition) is 3. The van der Waals surface area contributed by atoms with E-state index in [-0.39, 0.29) is 36.8 Å². The van der Waals surface area contributed by atoms with Gasteiger partial charge in [-0.2, -0.15) is 0 Å². The van der Waals surface area contributed by atoms with Gasteiger partial charge in [-0.05, 0) is 55.7 Å². The summed E-state index contributed by atoms with van der Waals surface area (Å²) in [6, 6.07) is 8.19. The second kappa shape index (κ2) is 8.00. The lowest BCUT2D eigenvalue weighted by atomic mass is 9.86. The van der Waals surface area contributed by atoms with Crippen molar-refractivity contribution >= 4 is 17.5 Å². The Hall–Kier alpha value is -1.88. The van der Waals surface area contributed by atoms with Crippen molar-refractivity contribution in [1.82, 2.24) is 5.32 Å². The number of carbonyl (C=O) groups excluding carboxylic acids is 2. The van der Waals surface area contributed by atoms with Crippen molar-refractivity contribution < 1.29 is 14.7 Å². The highest BCUT2D eigenvalue weighted by molar-refractivity contribution is 6.00. The monoisotopic (exact) mass is 344 g/mol. The molecule has 5 heteroatoms. The van der Waals surface area contributed by atoms with Gasteiger partial charge in [0.1, 0.15) is 0 Å². The zero-order valence-electron chi connectivity index (χ0n) is 14.9. The number of nitrogens with one attached hydrogen (secondary N) is 1. The molecule has 0 radical (unpaired) electrons. The number of aliphatic hydroxyl groups excluding tert-OH is 1. The maximum Gasteiger partial charge on any atom is 0.227 e. The van der Waals surface area contributed by atoms with Crippen LogP contribution in [0.3, 0.4) is 0 Å². The SMILES string of the molecule is CCc1ccc(N2CC(C(=O)NC3CCC(CO)CC3)CC2=O)cc1. The Balaban J connectivity index is 1.55. The summed E-state index contributed by atoms with van der Waals surface area (Å²) in [5, 5.41) is 12.3. The van der Waals surface area contributed by atoms with E-state index in [1.54, 1.807) is 4.90 Å². The van der Waals surface area contributed by atoms with Crippen molar-refractivity contribution in [1.29, 1.82) is 0 Å². The largest absolute Gasteiger partial charge is 0.396 e. The first kappa shape index (κ1) is 17.9. The summed E-state index contributed by atoms with van der Waals surface area (Å²) in [5.41, 5.74) is 2.11. The van der Waals surface area contributed by atoms with E-state index in [0.717, 1.165) is 37.8 Å². The molecule has 1 unspecified atom stereocenters. The minimum absolute atomic E-state index is 0.00604. The Bertz CT molecular complexity index is 606. The standard InChI is InChI=1S/C20H28N2O3/c1-2-14-5-9-18(10-6-14)22-12-16(11-19(22)24)20(25)21-17-7-3-15(13-23)4-8-17/h5-6,9-10,15-17,23H,2-4,7-8,11-13H2,1H3,(H,21,25). The molecule has 25 heavy (non-hydrogen) atoms. The number of aryl methyl sites for hydroxylation is 1. The molecular weight excluding hydrogens is 316 g/mol. The van der Waals surface area contributed by atoms with Gasteiger partial charge in [-0.3, -0.25) is 9.59 Å². The molecule has 2 amide bonds. The molecular formula is C20H28N2O3. The van der Waals surface area contributed by atoms with Gasteiger partial charge in [0.25, 0.3) is 0 Å². The van der Waals surface area contributed by atoms with Crippen molar-refractivity contribution in [3.8, 4) is 0 Å². The van der Waals surface area contributed by atoms with Crippen LogP contribution in [0.2, 0.25) is 0 Å². The lowest BCUT2D eigenvalue weighted by molar-refractivity contribution is -0.127. The summed E-state index contributed by atoms with van der Waals surface area (Å²) >= 11 is 0. The van der Waals surface area contributed by atoms with Gasteiger partial charge in [0.05, 0.1) is 5.92 Å². The summed E-state index contributed by atoms with van der Waals surface area (Å²) in [6.07, 6.45) is 5.01. The van der Waals surface area contributed by atoms with Crippen LogP contribution < -0.4 is 10.2 Å². The molecule has 1 saturated heterocycles. The van der Waals surface area contributed by atoms with E-state index in [4.69, 9.17) is 0 Å². The first-order valence-corrected chi connectivity index (χ1v) is 9.41. The molecule has 0 bridgehead atoms. The topological polar surface area (TPSA) is 69.6 Å². The third-order valence-corrected chi connectivity index (χ3v) is 5.60. The van der Waals surface area contributed by atoms with Crippen LogP contribution in [0.15, 0.2) is 24.3 Å². The van der Waals surface area contributed by atoms with Gasteiger partial charge < -0.3 is 15.3 Å². The molecule has 1 heterocycles. The van der Waals surface area contributed by atoms with E-state index >= 15 is 0 Å². The van der Waals surface area contributed by atoms with E-state index in [1.165, 1.54) is 5.56 Å². The number of anilines is 1. The summed E-state index contributed by atoms with van der Waals surface area (Å²) < 4.78 is 0. The van der Waals surface area contributed by atoms with Crippen LogP contribution >= 0.6 is 0 Å². The first-order valence-electron chi connectivity index (χ1n) is 9.41. The molecule has 5 nitrogen and oxygen atoms in total. The molecule has 2 aliphatic rings. The molecule has 1 aromatic carbocycles. The molecule has 1 aromatic rings. The lowest BCUT2D eigenvalue weighted by Gasteiger charge is -2.28. The Morgan fingerprint density at radius 3 is 2.48 bits per heavy atom. The first-order chi connectivity index (χ1) is 12.1. The average molecular weight is 344 g/mol. The Labute approximate surface area is 149 Å². The Morgan fingerprint density at radius 1 is 1.20 bits per heavy atom. The van der Waals surface area contributed by atoms with Crippen molar-refractivity contribution in [3.05, 3.63) is 29.8 Å². The highest BCUT2D eigenvalue weighted by Gasteiger charge is 2.36. The van der Waals surface area contributed by atoms with Gasteiger partial charge in [-0.25, -0.2) is 0 Å².